The van der Waals surface area contributed by atoms with Crippen LogP contribution >= 0.6 is 0 Å². The molecule has 3 rings (SSSR count). The van der Waals surface area contributed by atoms with Crippen LogP contribution in [-0.4, -0.2) is 15.0 Å². The monoisotopic (exact) mass is 254 g/mol. The van der Waals surface area contributed by atoms with Gasteiger partial charge in [-0.15, -0.1) is 0 Å². The number of fused-ring (bicyclic) bond motifs is 1. The molecular formula is C14H11FN4. The first-order valence-corrected chi connectivity index (χ1v) is 5.79. The first kappa shape index (κ1) is 11.5. The fourth-order valence-electron chi connectivity index (χ4n) is 2.05. The van der Waals surface area contributed by atoms with Crippen molar-refractivity contribution in [2.24, 2.45) is 0 Å². The van der Waals surface area contributed by atoms with Gasteiger partial charge in [-0.3, -0.25) is 0 Å². The van der Waals surface area contributed by atoms with Crippen LogP contribution in [0.1, 0.15) is 5.69 Å². The molecule has 0 fully saturated rings. The van der Waals surface area contributed by atoms with Crippen molar-refractivity contribution in [3.05, 3.63) is 48.2 Å². The fraction of sp³-hybridized carbons (Fsp3) is 0.0714. The molecule has 0 spiro atoms. The highest BCUT2D eigenvalue weighted by Gasteiger charge is 2.06. The van der Waals surface area contributed by atoms with Crippen molar-refractivity contribution in [2.75, 3.05) is 5.73 Å². The van der Waals surface area contributed by atoms with Crippen molar-refractivity contribution in [1.82, 2.24) is 15.0 Å². The lowest BCUT2D eigenvalue weighted by Gasteiger charge is -2.06. The molecule has 5 heteroatoms. The third kappa shape index (κ3) is 2.10. The van der Waals surface area contributed by atoms with Gasteiger partial charge in [0.1, 0.15) is 0 Å². The summed E-state index contributed by atoms with van der Waals surface area (Å²) in [4.78, 5) is 11.9. The summed E-state index contributed by atoms with van der Waals surface area (Å²) in [5.74, 6) is -0.224. The largest absolute Gasteiger partial charge is 0.368 e. The van der Waals surface area contributed by atoms with E-state index in [1.165, 1.54) is 6.07 Å². The van der Waals surface area contributed by atoms with Crippen LogP contribution < -0.4 is 5.73 Å². The van der Waals surface area contributed by atoms with Crippen molar-refractivity contribution < 1.29 is 4.39 Å². The molecule has 19 heavy (non-hydrogen) atoms. The van der Waals surface area contributed by atoms with Gasteiger partial charge < -0.3 is 5.73 Å². The number of aromatic nitrogens is 3. The van der Waals surface area contributed by atoms with E-state index in [9.17, 15) is 4.39 Å². The zero-order chi connectivity index (χ0) is 13.4. The number of halogens is 1. The Labute approximate surface area is 109 Å². The van der Waals surface area contributed by atoms with E-state index < -0.39 is 5.95 Å². The number of hydrogen-bond acceptors (Lipinski definition) is 4. The lowest BCUT2D eigenvalue weighted by atomic mass is 10.0. The normalized spacial score (nSPS) is 10.8. The van der Waals surface area contributed by atoms with Gasteiger partial charge >= 0.3 is 0 Å². The molecule has 0 bridgehead atoms. The SMILES string of the molecule is Cc1nc(F)ccc1-c1ccc2nc(N)ncc2c1. The third-order valence-corrected chi connectivity index (χ3v) is 2.96. The number of hydrogen-bond donors (Lipinski definition) is 1. The van der Waals surface area contributed by atoms with Gasteiger partial charge in [-0.1, -0.05) is 6.07 Å². The molecule has 4 nitrogen and oxygen atoms in total. The van der Waals surface area contributed by atoms with Crippen LogP contribution in [-0.2, 0) is 0 Å². The minimum Gasteiger partial charge on any atom is -0.368 e. The molecular weight excluding hydrogens is 243 g/mol. The van der Waals surface area contributed by atoms with E-state index in [-0.39, 0.29) is 5.95 Å². The molecule has 0 saturated heterocycles. The van der Waals surface area contributed by atoms with Gasteiger partial charge in [-0.2, -0.15) is 4.39 Å². The van der Waals surface area contributed by atoms with Crippen LogP contribution in [0, 0.1) is 12.9 Å². The number of rotatable bonds is 1. The van der Waals surface area contributed by atoms with Crippen LogP contribution in [0.4, 0.5) is 10.3 Å². The zero-order valence-electron chi connectivity index (χ0n) is 10.3. The maximum absolute atomic E-state index is 13.0. The zero-order valence-corrected chi connectivity index (χ0v) is 10.3. The van der Waals surface area contributed by atoms with Gasteiger partial charge in [0, 0.05) is 22.8 Å². The summed E-state index contributed by atoms with van der Waals surface area (Å²) in [6.07, 6.45) is 1.67. The summed E-state index contributed by atoms with van der Waals surface area (Å²) in [6.45, 7) is 1.78. The maximum atomic E-state index is 13.0. The van der Waals surface area contributed by atoms with Gasteiger partial charge in [0.15, 0.2) is 0 Å². The molecule has 1 aromatic carbocycles. The summed E-state index contributed by atoms with van der Waals surface area (Å²) in [5, 5.41) is 0.885. The molecule has 0 saturated carbocycles. The minimum atomic E-state index is -0.474. The second kappa shape index (κ2) is 4.28. The predicted octanol–water partition coefficient (Wildman–Crippen LogP) is 2.72. The summed E-state index contributed by atoms with van der Waals surface area (Å²) < 4.78 is 13.0. The van der Waals surface area contributed by atoms with Crippen LogP contribution in [0.25, 0.3) is 22.0 Å². The Morgan fingerprint density at radius 2 is 1.95 bits per heavy atom. The Balaban J connectivity index is 2.17. The molecule has 2 N–H and O–H groups in total. The van der Waals surface area contributed by atoms with Crippen molar-refractivity contribution in [3.8, 4) is 11.1 Å². The lowest BCUT2D eigenvalue weighted by molar-refractivity contribution is 0.580. The highest BCUT2D eigenvalue weighted by Crippen LogP contribution is 2.25. The summed E-state index contributed by atoms with van der Waals surface area (Å²) >= 11 is 0. The van der Waals surface area contributed by atoms with Gasteiger partial charge in [-0.05, 0) is 36.8 Å². The average molecular weight is 254 g/mol. The number of anilines is 1. The molecule has 0 aliphatic heterocycles. The van der Waals surface area contributed by atoms with E-state index in [2.05, 4.69) is 15.0 Å². The Morgan fingerprint density at radius 3 is 2.74 bits per heavy atom. The van der Waals surface area contributed by atoms with Crippen molar-refractivity contribution >= 4 is 16.9 Å². The Kier molecular flexibility index (Phi) is 2.59. The summed E-state index contributed by atoms with van der Waals surface area (Å²) in [6, 6.07) is 8.79. The molecule has 94 valence electrons. The number of nitrogens with zero attached hydrogens (tertiary/aromatic N) is 3. The first-order valence-electron chi connectivity index (χ1n) is 5.79. The molecule has 0 aliphatic carbocycles. The third-order valence-electron chi connectivity index (χ3n) is 2.96. The molecule has 0 amide bonds. The smallest absolute Gasteiger partial charge is 0.220 e. The lowest BCUT2D eigenvalue weighted by Crippen LogP contribution is -1.95. The highest BCUT2D eigenvalue weighted by molar-refractivity contribution is 5.84. The van der Waals surface area contributed by atoms with Crippen molar-refractivity contribution in [3.63, 3.8) is 0 Å². The van der Waals surface area contributed by atoms with Gasteiger partial charge in [0.05, 0.1) is 5.52 Å². The van der Waals surface area contributed by atoms with Crippen LogP contribution in [0.3, 0.4) is 0 Å². The molecule has 0 radical (unpaired) electrons. The topological polar surface area (TPSA) is 64.7 Å². The highest BCUT2D eigenvalue weighted by atomic mass is 19.1. The van der Waals surface area contributed by atoms with Gasteiger partial charge in [0.25, 0.3) is 0 Å². The van der Waals surface area contributed by atoms with Crippen LogP contribution in [0.15, 0.2) is 36.5 Å². The molecule has 0 unspecified atom stereocenters. The Hall–Kier alpha value is -2.56. The number of aryl methyl sites for hydroxylation is 1. The predicted molar refractivity (Wildman–Crippen MR) is 71.9 cm³/mol. The van der Waals surface area contributed by atoms with Crippen LogP contribution in [0.5, 0.6) is 0 Å². The fourth-order valence-corrected chi connectivity index (χ4v) is 2.05. The number of nitrogen functional groups attached to an aromatic ring is 1. The maximum Gasteiger partial charge on any atom is 0.220 e. The standard InChI is InChI=1S/C14H11FN4/c1-8-11(3-5-13(15)18-8)9-2-4-12-10(6-9)7-17-14(16)19-12/h2-7H,1H3,(H2,16,17,19). The van der Waals surface area contributed by atoms with E-state index in [4.69, 9.17) is 5.73 Å². The Morgan fingerprint density at radius 1 is 1.11 bits per heavy atom. The van der Waals surface area contributed by atoms with E-state index >= 15 is 0 Å². The molecule has 0 aliphatic rings. The second-order valence-corrected chi connectivity index (χ2v) is 4.27. The van der Waals surface area contributed by atoms with Crippen molar-refractivity contribution in [1.29, 1.82) is 0 Å². The quantitative estimate of drug-likeness (QED) is 0.678. The molecule has 3 aromatic rings. The Bertz CT molecular complexity index is 770. The number of benzene rings is 1. The second-order valence-electron chi connectivity index (χ2n) is 4.27. The van der Waals surface area contributed by atoms with Gasteiger partial charge in [-0.25, -0.2) is 15.0 Å². The molecule has 2 heterocycles. The van der Waals surface area contributed by atoms with E-state index in [1.54, 1.807) is 19.2 Å². The minimum absolute atomic E-state index is 0.250. The van der Waals surface area contributed by atoms with Crippen molar-refractivity contribution in [2.45, 2.75) is 6.92 Å². The molecule has 0 atom stereocenters. The average Bonchev–Trinajstić information content (AvgIpc) is 2.38. The van der Waals surface area contributed by atoms with E-state index in [0.29, 0.717) is 5.69 Å². The summed E-state index contributed by atoms with van der Waals surface area (Å²) in [7, 11) is 0. The first-order chi connectivity index (χ1) is 9.13. The van der Waals surface area contributed by atoms with Gasteiger partial charge in [0.2, 0.25) is 11.9 Å². The van der Waals surface area contributed by atoms with Crippen LogP contribution in [0.2, 0.25) is 0 Å². The number of nitrogens with two attached hydrogens (primary N) is 1. The molecule has 2 aromatic heterocycles. The number of pyridine rings is 1. The van der Waals surface area contributed by atoms with E-state index in [0.717, 1.165) is 22.0 Å². The van der Waals surface area contributed by atoms with E-state index in [1.807, 2.05) is 18.2 Å². The summed E-state index contributed by atoms with van der Waals surface area (Å²) in [5.41, 5.74) is 8.81.